The molecule has 18 heavy (non-hydrogen) atoms. The molecule has 0 aliphatic heterocycles. The lowest BCUT2D eigenvalue weighted by Crippen LogP contribution is -2.05. The number of para-hydroxylation sites is 1. The van der Waals surface area contributed by atoms with E-state index in [0.717, 1.165) is 17.6 Å². The zero-order valence-corrected chi connectivity index (χ0v) is 10.3. The minimum Gasteiger partial charge on any atom is -0.369 e. The van der Waals surface area contributed by atoms with Gasteiger partial charge in [0.1, 0.15) is 0 Å². The monoisotopic (exact) mass is 237 g/mol. The van der Waals surface area contributed by atoms with Gasteiger partial charge in [0.25, 0.3) is 0 Å². The third-order valence-corrected chi connectivity index (χ3v) is 3.18. The van der Waals surface area contributed by atoms with Crippen molar-refractivity contribution in [3.63, 3.8) is 0 Å². The first-order chi connectivity index (χ1) is 8.75. The van der Waals surface area contributed by atoms with Crippen LogP contribution in [-0.4, -0.2) is 9.55 Å². The Morgan fingerprint density at radius 2 is 1.83 bits per heavy atom. The van der Waals surface area contributed by atoms with Crippen LogP contribution in [0.4, 0.5) is 5.95 Å². The second kappa shape index (κ2) is 4.18. The number of hydrogen-bond donors (Lipinski definition) is 1. The highest BCUT2D eigenvalue weighted by molar-refractivity contribution is 5.81. The largest absolute Gasteiger partial charge is 0.369 e. The lowest BCUT2D eigenvalue weighted by molar-refractivity contribution is 0.836. The van der Waals surface area contributed by atoms with Crippen LogP contribution in [0.1, 0.15) is 11.1 Å². The zero-order valence-electron chi connectivity index (χ0n) is 10.3. The molecule has 0 amide bonds. The summed E-state index contributed by atoms with van der Waals surface area (Å²) in [6, 6.07) is 16.4. The van der Waals surface area contributed by atoms with Crippen molar-refractivity contribution in [2.24, 2.45) is 0 Å². The number of nitrogens with zero attached hydrogens (tertiary/aromatic N) is 2. The van der Waals surface area contributed by atoms with Crippen molar-refractivity contribution >= 4 is 17.0 Å². The van der Waals surface area contributed by atoms with Crippen LogP contribution < -0.4 is 5.73 Å². The van der Waals surface area contributed by atoms with E-state index < -0.39 is 0 Å². The Kier molecular flexibility index (Phi) is 2.52. The van der Waals surface area contributed by atoms with Gasteiger partial charge >= 0.3 is 0 Å². The molecule has 0 radical (unpaired) electrons. The molecule has 90 valence electrons. The predicted molar refractivity (Wildman–Crippen MR) is 74.4 cm³/mol. The predicted octanol–water partition coefficient (Wildman–Crippen LogP) is 2.98. The number of imidazole rings is 1. The molecule has 3 aromatic rings. The second-order valence-corrected chi connectivity index (χ2v) is 4.48. The number of rotatable bonds is 2. The number of benzene rings is 2. The number of fused-ring (bicyclic) bond motifs is 1. The minimum atomic E-state index is 0.572. The fourth-order valence-corrected chi connectivity index (χ4v) is 2.31. The van der Waals surface area contributed by atoms with E-state index in [9.17, 15) is 0 Å². The maximum Gasteiger partial charge on any atom is 0.201 e. The van der Waals surface area contributed by atoms with Crippen LogP contribution in [0.2, 0.25) is 0 Å². The molecule has 0 atom stereocenters. The first kappa shape index (κ1) is 10.8. The standard InChI is InChI=1S/C15H15N3/c1-11-6-5-9-13-14(11)18(15(16)17-13)10-12-7-3-2-4-8-12/h2-9H,10H2,1H3,(H2,16,17). The fraction of sp³-hybridized carbons (Fsp3) is 0.133. The van der Waals surface area contributed by atoms with Gasteiger partial charge in [-0.05, 0) is 24.1 Å². The van der Waals surface area contributed by atoms with Crippen LogP contribution in [0, 0.1) is 6.92 Å². The highest BCUT2D eigenvalue weighted by atomic mass is 15.1. The summed E-state index contributed by atoms with van der Waals surface area (Å²) < 4.78 is 2.07. The summed E-state index contributed by atoms with van der Waals surface area (Å²) in [4.78, 5) is 4.41. The van der Waals surface area contributed by atoms with Gasteiger partial charge in [0.2, 0.25) is 5.95 Å². The van der Waals surface area contributed by atoms with Crippen LogP contribution in [0.5, 0.6) is 0 Å². The molecule has 0 bridgehead atoms. The van der Waals surface area contributed by atoms with Crippen LogP contribution in [0.15, 0.2) is 48.5 Å². The summed E-state index contributed by atoms with van der Waals surface area (Å²) in [5.74, 6) is 0.572. The average molecular weight is 237 g/mol. The molecular formula is C15H15N3. The van der Waals surface area contributed by atoms with E-state index in [2.05, 4.69) is 34.7 Å². The quantitative estimate of drug-likeness (QED) is 0.744. The third-order valence-electron chi connectivity index (χ3n) is 3.18. The van der Waals surface area contributed by atoms with Gasteiger partial charge in [0.05, 0.1) is 17.6 Å². The van der Waals surface area contributed by atoms with Gasteiger partial charge in [-0.3, -0.25) is 0 Å². The molecule has 0 spiro atoms. The third kappa shape index (κ3) is 1.74. The first-order valence-corrected chi connectivity index (χ1v) is 6.01. The highest BCUT2D eigenvalue weighted by Gasteiger charge is 2.09. The normalized spacial score (nSPS) is 10.9. The Labute approximate surface area is 106 Å². The van der Waals surface area contributed by atoms with Gasteiger partial charge in [-0.2, -0.15) is 0 Å². The van der Waals surface area contributed by atoms with Crippen molar-refractivity contribution < 1.29 is 0 Å². The molecule has 3 rings (SSSR count). The summed E-state index contributed by atoms with van der Waals surface area (Å²) in [7, 11) is 0. The Hall–Kier alpha value is -2.29. The molecule has 3 nitrogen and oxygen atoms in total. The van der Waals surface area contributed by atoms with Crippen molar-refractivity contribution in [1.29, 1.82) is 0 Å². The fourth-order valence-electron chi connectivity index (χ4n) is 2.31. The van der Waals surface area contributed by atoms with Gasteiger partial charge in [0.15, 0.2) is 0 Å². The summed E-state index contributed by atoms with van der Waals surface area (Å²) in [6.07, 6.45) is 0. The summed E-state index contributed by atoms with van der Waals surface area (Å²) in [5.41, 5.74) is 10.5. The number of anilines is 1. The highest BCUT2D eigenvalue weighted by Crippen LogP contribution is 2.22. The van der Waals surface area contributed by atoms with Gasteiger partial charge in [-0.15, -0.1) is 0 Å². The molecule has 0 aliphatic carbocycles. The Morgan fingerprint density at radius 3 is 2.61 bits per heavy atom. The number of aromatic nitrogens is 2. The van der Waals surface area contributed by atoms with Gasteiger partial charge < -0.3 is 10.3 Å². The van der Waals surface area contributed by atoms with E-state index in [-0.39, 0.29) is 0 Å². The molecule has 0 unspecified atom stereocenters. The first-order valence-electron chi connectivity index (χ1n) is 6.01. The SMILES string of the molecule is Cc1cccc2nc(N)n(Cc3ccccc3)c12. The number of aryl methyl sites for hydroxylation is 1. The average Bonchev–Trinajstić information content (AvgIpc) is 2.69. The Balaban J connectivity index is 2.14. The summed E-state index contributed by atoms with van der Waals surface area (Å²) in [6.45, 7) is 2.85. The van der Waals surface area contributed by atoms with Crippen LogP contribution in [-0.2, 0) is 6.54 Å². The van der Waals surface area contributed by atoms with Crippen molar-refractivity contribution in [1.82, 2.24) is 9.55 Å². The maximum atomic E-state index is 6.02. The van der Waals surface area contributed by atoms with E-state index in [0.29, 0.717) is 5.95 Å². The van der Waals surface area contributed by atoms with E-state index in [1.165, 1.54) is 11.1 Å². The smallest absolute Gasteiger partial charge is 0.201 e. The lowest BCUT2D eigenvalue weighted by Gasteiger charge is -2.08. The lowest BCUT2D eigenvalue weighted by atomic mass is 10.2. The molecule has 0 fully saturated rings. The minimum absolute atomic E-state index is 0.572. The molecule has 1 heterocycles. The van der Waals surface area contributed by atoms with E-state index >= 15 is 0 Å². The van der Waals surface area contributed by atoms with Gasteiger partial charge in [0, 0.05) is 0 Å². The van der Waals surface area contributed by atoms with Crippen molar-refractivity contribution in [2.45, 2.75) is 13.5 Å². The van der Waals surface area contributed by atoms with Gasteiger partial charge in [-0.25, -0.2) is 4.98 Å². The Morgan fingerprint density at radius 1 is 1.06 bits per heavy atom. The summed E-state index contributed by atoms with van der Waals surface area (Å²) >= 11 is 0. The van der Waals surface area contributed by atoms with E-state index in [1.807, 2.05) is 30.3 Å². The molecule has 1 aromatic heterocycles. The summed E-state index contributed by atoms with van der Waals surface area (Å²) in [5, 5.41) is 0. The van der Waals surface area contributed by atoms with Crippen LogP contribution >= 0.6 is 0 Å². The maximum absolute atomic E-state index is 6.02. The van der Waals surface area contributed by atoms with E-state index in [1.54, 1.807) is 0 Å². The molecule has 2 aromatic carbocycles. The van der Waals surface area contributed by atoms with Crippen LogP contribution in [0.3, 0.4) is 0 Å². The number of hydrogen-bond acceptors (Lipinski definition) is 2. The molecule has 3 heteroatoms. The Bertz CT molecular complexity index is 684. The number of nitrogen functional groups attached to an aromatic ring is 1. The van der Waals surface area contributed by atoms with Crippen LogP contribution in [0.25, 0.3) is 11.0 Å². The molecule has 0 saturated heterocycles. The van der Waals surface area contributed by atoms with E-state index in [4.69, 9.17) is 5.73 Å². The topological polar surface area (TPSA) is 43.8 Å². The second-order valence-electron chi connectivity index (χ2n) is 4.48. The van der Waals surface area contributed by atoms with Crippen molar-refractivity contribution in [3.8, 4) is 0 Å². The molecule has 0 saturated carbocycles. The van der Waals surface area contributed by atoms with Gasteiger partial charge in [-0.1, -0.05) is 42.5 Å². The van der Waals surface area contributed by atoms with Crippen molar-refractivity contribution in [2.75, 3.05) is 5.73 Å². The molecule has 2 N–H and O–H groups in total. The number of nitrogens with two attached hydrogens (primary N) is 1. The molecule has 0 aliphatic rings. The zero-order chi connectivity index (χ0) is 12.5. The molecular weight excluding hydrogens is 222 g/mol. The van der Waals surface area contributed by atoms with Crippen molar-refractivity contribution in [3.05, 3.63) is 59.7 Å².